The van der Waals surface area contributed by atoms with Crippen molar-refractivity contribution in [3.8, 4) is 6.07 Å². The molecule has 0 radical (unpaired) electrons. The number of nitrogens with zero attached hydrogens (tertiary/aromatic N) is 1. The quantitative estimate of drug-likeness (QED) is 0.719. The zero-order valence-electron chi connectivity index (χ0n) is 13.9. The normalized spacial score (nSPS) is 58.2. The van der Waals surface area contributed by atoms with E-state index in [4.69, 9.17) is 5.73 Å². The van der Waals surface area contributed by atoms with Crippen molar-refractivity contribution in [3.63, 3.8) is 0 Å². The first-order chi connectivity index (χ1) is 11.3. The summed E-state index contributed by atoms with van der Waals surface area (Å²) in [7, 11) is 0. The lowest BCUT2D eigenvalue weighted by atomic mass is 9.44. The van der Waals surface area contributed by atoms with Crippen molar-refractivity contribution in [2.75, 3.05) is 0 Å². The molecule has 6 saturated carbocycles. The van der Waals surface area contributed by atoms with E-state index >= 15 is 0 Å². The molecule has 0 saturated heterocycles. The predicted molar refractivity (Wildman–Crippen MR) is 85.3 cm³/mol. The number of carbonyl (C=O) groups is 1. The maximum Gasteiger partial charge on any atom is 0.154 e. The van der Waals surface area contributed by atoms with Crippen LogP contribution in [0, 0.1) is 46.3 Å². The second-order valence-corrected chi connectivity index (χ2v) is 9.86. The zero-order chi connectivity index (χ0) is 16.9. The first-order valence-electron chi connectivity index (χ1n) is 9.40. The van der Waals surface area contributed by atoms with Crippen molar-refractivity contribution in [3.05, 3.63) is 0 Å². The lowest BCUT2D eigenvalue weighted by Crippen LogP contribution is -2.68. The Hall–Kier alpha value is -0.960. The Balaban J connectivity index is 1.45. The van der Waals surface area contributed by atoms with Gasteiger partial charge in [0.05, 0.1) is 29.2 Å². The Bertz CT molecular complexity index is 637. The van der Waals surface area contributed by atoms with E-state index in [0.717, 1.165) is 32.1 Å². The highest BCUT2D eigenvalue weighted by molar-refractivity contribution is 5.88. The van der Waals surface area contributed by atoms with Gasteiger partial charge < -0.3 is 15.9 Å². The fourth-order valence-electron chi connectivity index (χ4n) is 7.56. The summed E-state index contributed by atoms with van der Waals surface area (Å²) in [5.41, 5.74) is 4.33. The first kappa shape index (κ1) is 15.3. The van der Waals surface area contributed by atoms with E-state index in [1.807, 2.05) is 0 Å². The van der Waals surface area contributed by atoms with Crippen LogP contribution in [-0.2, 0) is 4.79 Å². The summed E-state index contributed by atoms with van der Waals surface area (Å²) in [4.78, 5) is 13.2. The van der Waals surface area contributed by atoms with Gasteiger partial charge in [-0.05, 0) is 68.1 Å². The van der Waals surface area contributed by atoms with E-state index in [1.165, 1.54) is 0 Å². The molecule has 4 unspecified atom stereocenters. The molecule has 0 amide bonds. The number of nitrogens with two attached hydrogens (primary N) is 1. The summed E-state index contributed by atoms with van der Waals surface area (Å²) in [6.07, 6.45) is 5.68. The fourth-order valence-corrected chi connectivity index (χ4v) is 7.56. The maximum absolute atomic E-state index is 13.2. The fraction of sp³-hybridized carbons (Fsp3) is 0.895. The molecule has 0 heterocycles. The minimum Gasteiger partial charge on any atom is -0.390 e. The molecule has 0 aliphatic heterocycles. The average Bonchev–Trinajstić information content (AvgIpc) is 3.12. The highest BCUT2D eigenvalue weighted by Crippen LogP contribution is 2.65. The van der Waals surface area contributed by atoms with E-state index in [2.05, 4.69) is 6.07 Å². The monoisotopic (exact) mass is 330 g/mol. The van der Waals surface area contributed by atoms with Crippen molar-refractivity contribution in [1.82, 2.24) is 0 Å². The molecule has 7 atom stereocenters. The number of Topliss-reactive ketones (excluding diaryl/α,β-unsaturated/α-hetero) is 1. The highest BCUT2D eigenvalue weighted by Gasteiger charge is 2.66. The molecule has 6 rings (SSSR count). The molecule has 24 heavy (non-hydrogen) atoms. The molecule has 5 heteroatoms. The second-order valence-electron chi connectivity index (χ2n) is 9.86. The standard InChI is InChI=1S/C19H26N2O3/c20-6-12-1-11-2-13(11)14(12)15(22)16(21)17-3-10-4-18(23,7-17)9-19(24,5-10)8-17/h10-14,16,23-24H,1-5,7-9,21H2/t10?,11-,12+,13?,14?,16-,17?,18?,19?/m1/s1. The molecule has 0 aromatic carbocycles. The van der Waals surface area contributed by atoms with Crippen LogP contribution < -0.4 is 5.73 Å². The SMILES string of the molecule is N#C[C@@H]1C[C@@H]2CC2C1C(=O)[C@@H](N)C12CC3CC(O)(CC(O)(C3)C1)C2. The summed E-state index contributed by atoms with van der Waals surface area (Å²) in [6, 6.07) is 1.67. The molecular formula is C19H26N2O3. The third-order valence-electron chi connectivity index (χ3n) is 7.94. The highest BCUT2D eigenvalue weighted by atomic mass is 16.3. The molecule has 6 aliphatic carbocycles. The van der Waals surface area contributed by atoms with Gasteiger partial charge in [-0.2, -0.15) is 5.26 Å². The van der Waals surface area contributed by atoms with Gasteiger partial charge in [0.1, 0.15) is 0 Å². The van der Waals surface area contributed by atoms with Crippen LogP contribution in [0.4, 0.5) is 0 Å². The summed E-state index contributed by atoms with van der Waals surface area (Å²) >= 11 is 0. The van der Waals surface area contributed by atoms with Crippen molar-refractivity contribution >= 4 is 5.78 Å². The Kier molecular flexibility index (Phi) is 2.81. The smallest absolute Gasteiger partial charge is 0.154 e. The lowest BCUT2D eigenvalue weighted by molar-refractivity contribution is -0.234. The number of hydrogen-bond acceptors (Lipinski definition) is 5. The third-order valence-corrected chi connectivity index (χ3v) is 7.94. The summed E-state index contributed by atoms with van der Waals surface area (Å²) in [5.74, 6) is 0.785. The number of nitriles is 1. The van der Waals surface area contributed by atoms with Crippen LogP contribution in [0.3, 0.4) is 0 Å². The number of fused-ring (bicyclic) bond motifs is 1. The Morgan fingerprint density at radius 3 is 2.38 bits per heavy atom. The van der Waals surface area contributed by atoms with Crippen LogP contribution in [-0.4, -0.2) is 33.2 Å². The molecule has 0 spiro atoms. The summed E-state index contributed by atoms with van der Waals surface area (Å²) < 4.78 is 0. The Labute approximate surface area is 142 Å². The second kappa shape index (κ2) is 4.41. The van der Waals surface area contributed by atoms with Gasteiger partial charge in [-0.1, -0.05) is 0 Å². The van der Waals surface area contributed by atoms with E-state index in [9.17, 15) is 20.3 Å². The van der Waals surface area contributed by atoms with Gasteiger partial charge in [-0.25, -0.2) is 0 Å². The first-order valence-corrected chi connectivity index (χ1v) is 9.40. The van der Waals surface area contributed by atoms with Crippen molar-refractivity contribution in [2.45, 2.75) is 68.6 Å². The topological polar surface area (TPSA) is 107 Å². The number of rotatable bonds is 3. The van der Waals surface area contributed by atoms with Crippen LogP contribution in [0.25, 0.3) is 0 Å². The van der Waals surface area contributed by atoms with E-state index in [0.29, 0.717) is 31.1 Å². The molecule has 0 aromatic heterocycles. The lowest BCUT2D eigenvalue weighted by Gasteiger charge is -2.64. The molecule has 6 fully saturated rings. The number of aliphatic hydroxyl groups is 2. The van der Waals surface area contributed by atoms with Crippen LogP contribution >= 0.6 is 0 Å². The molecule has 4 bridgehead atoms. The minimum absolute atomic E-state index is 0.0284. The average molecular weight is 330 g/mol. The zero-order valence-corrected chi connectivity index (χ0v) is 13.9. The van der Waals surface area contributed by atoms with E-state index in [-0.39, 0.29) is 23.5 Å². The van der Waals surface area contributed by atoms with Crippen LogP contribution in [0.15, 0.2) is 0 Å². The maximum atomic E-state index is 13.2. The van der Waals surface area contributed by atoms with Gasteiger partial charge in [-0.15, -0.1) is 0 Å². The summed E-state index contributed by atoms with van der Waals surface area (Å²) in [6.45, 7) is 0. The predicted octanol–water partition coefficient (Wildman–Crippen LogP) is 1.12. The Morgan fingerprint density at radius 1 is 1.12 bits per heavy atom. The molecule has 4 N–H and O–H groups in total. The van der Waals surface area contributed by atoms with Crippen molar-refractivity contribution in [2.24, 2.45) is 40.7 Å². The van der Waals surface area contributed by atoms with E-state index in [1.54, 1.807) is 0 Å². The Morgan fingerprint density at radius 2 is 1.79 bits per heavy atom. The van der Waals surface area contributed by atoms with Gasteiger partial charge in [0.2, 0.25) is 0 Å². The summed E-state index contributed by atoms with van der Waals surface area (Å²) in [5, 5.41) is 31.2. The molecule has 0 aromatic rings. The molecule has 5 nitrogen and oxygen atoms in total. The van der Waals surface area contributed by atoms with Gasteiger partial charge >= 0.3 is 0 Å². The van der Waals surface area contributed by atoms with Gasteiger partial charge in [0, 0.05) is 12.3 Å². The van der Waals surface area contributed by atoms with Crippen LogP contribution in [0.5, 0.6) is 0 Å². The third kappa shape index (κ3) is 1.94. The number of carbonyl (C=O) groups excluding carboxylic acids is 1. The van der Waals surface area contributed by atoms with Gasteiger partial charge in [0.25, 0.3) is 0 Å². The van der Waals surface area contributed by atoms with Crippen LogP contribution in [0.2, 0.25) is 0 Å². The largest absolute Gasteiger partial charge is 0.390 e. The van der Waals surface area contributed by atoms with Gasteiger partial charge in [-0.3, -0.25) is 4.79 Å². The molecule has 130 valence electrons. The van der Waals surface area contributed by atoms with Crippen molar-refractivity contribution in [1.29, 1.82) is 5.26 Å². The van der Waals surface area contributed by atoms with Gasteiger partial charge in [0.15, 0.2) is 5.78 Å². The number of hydrogen-bond donors (Lipinski definition) is 3. The molecule has 6 aliphatic rings. The minimum atomic E-state index is -0.863. The van der Waals surface area contributed by atoms with E-state index < -0.39 is 22.7 Å². The molecular weight excluding hydrogens is 304 g/mol. The number of ketones is 1. The van der Waals surface area contributed by atoms with Crippen molar-refractivity contribution < 1.29 is 15.0 Å². The van der Waals surface area contributed by atoms with Crippen LogP contribution in [0.1, 0.15) is 51.4 Å².